The second kappa shape index (κ2) is 15.9. The molecule has 0 aromatic heterocycles. The van der Waals surface area contributed by atoms with Gasteiger partial charge in [0.25, 0.3) is 0 Å². The first kappa shape index (κ1) is 31.9. The summed E-state index contributed by atoms with van der Waals surface area (Å²) in [4.78, 5) is 40.9. The molecule has 0 unspecified atom stereocenters. The van der Waals surface area contributed by atoms with E-state index in [2.05, 4.69) is 5.32 Å². The van der Waals surface area contributed by atoms with Crippen LogP contribution in [0.3, 0.4) is 0 Å². The number of aromatic hydroxyl groups is 1. The lowest BCUT2D eigenvalue weighted by atomic mass is 9.99. The summed E-state index contributed by atoms with van der Waals surface area (Å²) in [7, 11) is 0. The number of primary amides is 1. The van der Waals surface area contributed by atoms with Gasteiger partial charge in [-0.05, 0) is 42.0 Å². The van der Waals surface area contributed by atoms with Crippen LogP contribution in [0.4, 0.5) is 0 Å². The molecule has 0 fully saturated rings. The summed E-state index contributed by atoms with van der Waals surface area (Å²) in [5.74, 6) is -1.41. The third-order valence-corrected chi connectivity index (χ3v) is 6.31. The molecule has 2 aromatic carbocycles. The molecular weight excluding hydrogens is 492 g/mol. The third-order valence-electron chi connectivity index (χ3n) is 6.31. The van der Waals surface area contributed by atoms with Crippen molar-refractivity contribution in [3.63, 3.8) is 0 Å². The van der Waals surface area contributed by atoms with Crippen LogP contribution in [0.5, 0.6) is 5.75 Å². The Balaban J connectivity index is 0.00000684. The second-order valence-corrected chi connectivity index (χ2v) is 9.53. The highest BCUT2D eigenvalue weighted by Crippen LogP contribution is 2.17. The number of nitrogens with two attached hydrogens (primary N) is 2. The average molecular weight is 533 g/mol. The fraction of sp³-hybridized carbons (Fsp3) is 0.464. The average Bonchev–Trinajstić information content (AvgIpc) is 2.86. The fourth-order valence-corrected chi connectivity index (χ4v) is 4.00. The van der Waals surface area contributed by atoms with Crippen molar-refractivity contribution in [2.75, 3.05) is 6.54 Å². The van der Waals surface area contributed by atoms with Gasteiger partial charge in [-0.1, -0.05) is 76.1 Å². The number of carbonyl (C=O) groups is 3. The lowest BCUT2D eigenvalue weighted by molar-refractivity contribution is -0.143. The molecule has 3 atom stereocenters. The maximum absolute atomic E-state index is 14.0. The van der Waals surface area contributed by atoms with E-state index in [4.69, 9.17) is 11.5 Å². The Kier molecular flexibility index (Phi) is 13.7. The van der Waals surface area contributed by atoms with Crippen molar-refractivity contribution in [2.45, 2.75) is 71.0 Å². The molecule has 0 bridgehead atoms. The first-order chi connectivity index (χ1) is 17.1. The van der Waals surface area contributed by atoms with E-state index < -0.39 is 29.9 Å². The van der Waals surface area contributed by atoms with Gasteiger partial charge in [0.05, 0.1) is 6.04 Å². The third kappa shape index (κ3) is 10.1. The van der Waals surface area contributed by atoms with E-state index in [9.17, 15) is 19.5 Å². The highest BCUT2D eigenvalue weighted by atomic mass is 35.5. The highest BCUT2D eigenvalue weighted by molar-refractivity contribution is 5.93. The molecule has 2 aromatic rings. The number of carbonyl (C=O) groups excluding carboxylic acids is 3. The van der Waals surface area contributed by atoms with Gasteiger partial charge < -0.3 is 26.8 Å². The van der Waals surface area contributed by atoms with Gasteiger partial charge in [0.15, 0.2) is 0 Å². The quantitative estimate of drug-likeness (QED) is 0.296. The Labute approximate surface area is 226 Å². The molecule has 0 aliphatic carbocycles. The largest absolute Gasteiger partial charge is 0.508 e. The van der Waals surface area contributed by atoms with Gasteiger partial charge in [0.2, 0.25) is 17.7 Å². The zero-order valence-corrected chi connectivity index (χ0v) is 22.7. The van der Waals surface area contributed by atoms with E-state index in [1.54, 1.807) is 12.1 Å². The van der Waals surface area contributed by atoms with Gasteiger partial charge in [-0.2, -0.15) is 0 Å². The number of unbranched alkanes of at least 4 members (excludes halogenated alkanes) is 1. The van der Waals surface area contributed by atoms with E-state index >= 15 is 0 Å². The number of rotatable bonds is 14. The molecule has 0 aliphatic heterocycles. The van der Waals surface area contributed by atoms with Crippen LogP contribution in [0.1, 0.15) is 51.2 Å². The van der Waals surface area contributed by atoms with Crippen molar-refractivity contribution in [1.29, 1.82) is 0 Å². The van der Waals surface area contributed by atoms with Gasteiger partial charge in [-0.15, -0.1) is 12.4 Å². The van der Waals surface area contributed by atoms with E-state index in [0.29, 0.717) is 12.8 Å². The molecule has 204 valence electrons. The van der Waals surface area contributed by atoms with E-state index in [-0.39, 0.29) is 42.9 Å². The molecule has 0 saturated heterocycles. The number of amides is 3. The fourth-order valence-electron chi connectivity index (χ4n) is 4.00. The summed E-state index contributed by atoms with van der Waals surface area (Å²) in [5.41, 5.74) is 13.6. The summed E-state index contributed by atoms with van der Waals surface area (Å²) < 4.78 is 0. The van der Waals surface area contributed by atoms with Crippen molar-refractivity contribution in [2.24, 2.45) is 17.4 Å². The topological polar surface area (TPSA) is 139 Å². The molecule has 0 spiro atoms. The smallest absolute Gasteiger partial charge is 0.246 e. The summed E-state index contributed by atoms with van der Waals surface area (Å²) in [5, 5.41) is 12.5. The van der Waals surface area contributed by atoms with E-state index in [1.807, 2.05) is 51.1 Å². The van der Waals surface area contributed by atoms with E-state index in [1.165, 1.54) is 17.0 Å². The molecule has 0 heterocycles. The predicted molar refractivity (Wildman–Crippen MR) is 148 cm³/mol. The van der Waals surface area contributed by atoms with Gasteiger partial charge in [0, 0.05) is 13.0 Å². The summed E-state index contributed by atoms with van der Waals surface area (Å²) in [6, 6.07) is 13.6. The Morgan fingerprint density at radius 2 is 1.62 bits per heavy atom. The molecule has 2 rings (SSSR count). The van der Waals surface area contributed by atoms with Crippen LogP contribution >= 0.6 is 12.4 Å². The van der Waals surface area contributed by atoms with Crippen molar-refractivity contribution < 1.29 is 19.5 Å². The minimum absolute atomic E-state index is 0. The van der Waals surface area contributed by atoms with Crippen LogP contribution in [0.2, 0.25) is 0 Å². The summed E-state index contributed by atoms with van der Waals surface area (Å²) in [6.45, 7) is 5.95. The monoisotopic (exact) mass is 532 g/mol. The van der Waals surface area contributed by atoms with Gasteiger partial charge in [0.1, 0.15) is 17.8 Å². The molecule has 8 nitrogen and oxygen atoms in total. The van der Waals surface area contributed by atoms with E-state index in [0.717, 1.165) is 24.0 Å². The van der Waals surface area contributed by atoms with Crippen molar-refractivity contribution in [3.05, 3.63) is 65.7 Å². The van der Waals surface area contributed by atoms with Crippen LogP contribution in [-0.4, -0.2) is 52.4 Å². The van der Waals surface area contributed by atoms with Gasteiger partial charge in [-0.3, -0.25) is 14.4 Å². The molecular formula is C28H41ClN4O4. The maximum atomic E-state index is 14.0. The van der Waals surface area contributed by atoms with Crippen LogP contribution in [0, 0.1) is 5.92 Å². The number of phenols is 1. The maximum Gasteiger partial charge on any atom is 0.246 e. The zero-order chi connectivity index (χ0) is 26.7. The lowest BCUT2D eigenvalue weighted by Gasteiger charge is -2.34. The van der Waals surface area contributed by atoms with Crippen molar-refractivity contribution in [1.82, 2.24) is 10.2 Å². The first-order valence-electron chi connectivity index (χ1n) is 12.6. The minimum Gasteiger partial charge on any atom is -0.508 e. The second-order valence-electron chi connectivity index (χ2n) is 9.53. The number of phenolic OH excluding ortho intramolecular Hbond substituents is 1. The number of hydrogen-bond donors (Lipinski definition) is 4. The van der Waals surface area contributed by atoms with Crippen LogP contribution in [-0.2, 0) is 27.2 Å². The van der Waals surface area contributed by atoms with Crippen LogP contribution < -0.4 is 16.8 Å². The van der Waals surface area contributed by atoms with Gasteiger partial charge >= 0.3 is 0 Å². The van der Waals surface area contributed by atoms with Crippen molar-refractivity contribution >= 4 is 30.1 Å². The van der Waals surface area contributed by atoms with Gasteiger partial charge in [-0.25, -0.2) is 0 Å². The predicted octanol–water partition coefficient (Wildman–Crippen LogP) is 2.94. The SMILES string of the molecule is CCCC[C@@H](C(N)=O)N(CCc1ccccc1)C(=O)[C@H](Cc1ccc(O)cc1)NC(=O)[C@@H](N)C(C)C.Cl. The lowest BCUT2D eigenvalue weighted by Crippen LogP contribution is -2.58. The normalized spacial score (nSPS) is 13.2. The Hall–Kier alpha value is -3.10. The van der Waals surface area contributed by atoms with Crippen LogP contribution in [0.15, 0.2) is 54.6 Å². The molecule has 6 N–H and O–H groups in total. The highest BCUT2D eigenvalue weighted by Gasteiger charge is 2.34. The number of nitrogens with one attached hydrogen (secondary N) is 1. The molecule has 37 heavy (non-hydrogen) atoms. The summed E-state index contributed by atoms with van der Waals surface area (Å²) in [6.07, 6.45) is 2.74. The number of nitrogens with zero attached hydrogens (tertiary/aromatic N) is 1. The summed E-state index contributed by atoms with van der Waals surface area (Å²) >= 11 is 0. The minimum atomic E-state index is -0.953. The molecule has 0 aliphatic rings. The Morgan fingerprint density at radius 3 is 2.16 bits per heavy atom. The Bertz CT molecular complexity index is 985. The van der Waals surface area contributed by atoms with Crippen LogP contribution in [0.25, 0.3) is 0 Å². The standard InChI is InChI=1S/C28H40N4O4.ClH/c1-4-5-11-24(26(30)34)32(17-16-20-9-7-6-8-10-20)28(36)23(31-27(35)25(29)19(2)3)18-21-12-14-22(33)15-13-21;/h6-10,12-15,19,23-25,33H,4-5,11,16-18,29H2,1-3H3,(H2,30,34)(H,31,35);1H/t23-,24-,25-;/m0./s1. The molecule has 3 amide bonds. The molecule has 0 radical (unpaired) electrons. The first-order valence-corrected chi connectivity index (χ1v) is 12.6. The molecule has 9 heteroatoms. The number of hydrogen-bond acceptors (Lipinski definition) is 5. The zero-order valence-electron chi connectivity index (χ0n) is 21.9. The Morgan fingerprint density at radius 1 is 1.00 bits per heavy atom. The number of halogens is 1. The molecule has 0 saturated carbocycles. The number of benzene rings is 2. The van der Waals surface area contributed by atoms with Crippen molar-refractivity contribution in [3.8, 4) is 5.75 Å².